The molecule has 0 aromatic heterocycles. The Morgan fingerprint density at radius 3 is 2.39 bits per heavy atom. The normalized spacial score (nSPS) is 51.7. The second-order valence-corrected chi connectivity index (χ2v) is 12.0. The molecule has 0 amide bonds. The predicted octanol–water partition coefficient (Wildman–Crippen LogP) is 5.90. The van der Waals surface area contributed by atoms with Crippen molar-refractivity contribution in [3.05, 3.63) is 0 Å². The van der Waals surface area contributed by atoms with Gasteiger partial charge in [-0.05, 0) is 117 Å². The molecule has 4 fully saturated rings. The number of carboxylic acids is 1. The number of hydrogen-bond donors (Lipinski definition) is 2. The first-order valence-electron chi connectivity index (χ1n) is 12.0. The van der Waals surface area contributed by atoms with Gasteiger partial charge in [-0.3, -0.25) is 4.79 Å². The minimum absolute atomic E-state index is 0.324. The van der Waals surface area contributed by atoms with Gasteiger partial charge in [0.2, 0.25) is 0 Å². The molecule has 4 rings (SSSR count). The Morgan fingerprint density at radius 2 is 1.68 bits per heavy atom. The highest BCUT2D eigenvalue weighted by molar-refractivity contribution is 5.66. The van der Waals surface area contributed by atoms with Gasteiger partial charge < -0.3 is 10.2 Å². The molecule has 0 radical (unpaired) electrons. The Morgan fingerprint density at radius 1 is 0.964 bits per heavy atom. The topological polar surface area (TPSA) is 57.5 Å². The van der Waals surface area contributed by atoms with E-state index >= 15 is 0 Å². The second kappa shape index (κ2) is 7.00. The van der Waals surface area contributed by atoms with Crippen LogP contribution in [0.4, 0.5) is 0 Å². The first-order chi connectivity index (χ1) is 13.1. The van der Waals surface area contributed by atoms with Crippen molar-refractivity contribution in [2.24, 2.45) is 46.3 Å². The van der Waals surface area contributed by atoms with Crippen LogP contribution < -0.4 is 0 Å². The van der Waals surface area contributed by atoms with Crippen LogP contribution >= 0.6 is 0 Å². The molecule has 2 N–H and O–H groups in total. The molecule has 0 saturated heterocycles. The summed E-state index contributed by atoms with van der Waals surface area (Å²) in [6, 6.07) is 0. The number of aliphatic hydroxyl groups is 1. The van der Waals surface area contributed by atoms with E-state index < -0.39 is 11.6 Å². The van der Waals surface area contributed by atoms with Crippen molar-refractivity contribution in [2.45, 2.75) is 104 Å². The maximum atomic E-state index is 11.1. The molecule has 0 aromatic carbocycles. The van der Waals surface area contributed by atoms with Crippen molar-refractivity contribution in [1.82, 2.24) is 0 Å². The fourth-order valence-electron chi connectivity index (χ4n) is 8.96. The van der Waals surface area contributed by atoms with Crippen molar-refractivity contribution < 1.29 is 15.0 Å². The molecule has 3 heteroatoms. The quantitative estimate of drug-likeness (QED) is 0.628. The van der Waals surface area contributed by atoms with Gasteiger partial charge in [0.15, 0.2) is 0 Å². The van der Waals surface area contributed by atoms with E-state index in [2.05, 4.69) is 27.7 Å². The molecule has 160 valence electrons. The van der Waals surface area contributed by atoms with E-state index in [-0.39, 0.29) is 0 Å². The summed E-state index contributed by atoms with van der Waals surface area (Å²) in [5.41, 5.74) is 0.403. The van der Waals surface area contributed by atoms with Gasteiger partial charge in [0.25, 0.3) is 0 Å². The average molecular weight is 391 g/mol. The van der Waals surface area contributed by atoms with Crippen molar-refractivity contribution in [3.8, 4) is 0 Å². The molecule has 3 nitrogen and oxygen atoms in total. The fourth-order valence-corrected chi connectivity index (χ4v) is 8.96. The second-order valence-electron chi connectivity index (χ2n) is 12.0. The standard InChI is InChI=1S/C25H42O3/c1-16(5-10-22(26)27)19-8-9-20-18-7-6-17-15-23(2,28)13-14-24(17,3)21(18)11-12-25(19,20)4/h16-21,28H,5-15H2,1-4H3,(H,26,27)/t16-,17-,18+,19-,20+,21+,23+,24+,25-/m1/s1. The van der Waals surface area contributed by atoms with Crippen LogP contribution in [-0.4, -0.2) is 21.8 Å². The third-order valence-corrected chi connectivity index (χ3v) is 10.5. The summed E-state index contributed by atoms with van der Waals surface area (Å²) in [7, 11) is 0. The van der Waals surface area contributed by atoms with E-state index in [0.717, 1.165) is 37.0 Å². The lowest BCUT2D eigenvalue weighted by molar-refractivity contribution is -0.148. The fraction of sp³-hybridized carbons (Fsp3) is 0.960. The average Bonchev–Trinajstić information content (AvgIpc) is 2.97. The first kappa shape index (κ1) is 20.7. The van der Waals surface area contributed by atoms with Crippen molar-refractivity contribution >= 4 is 5.97 Å². The van der Waals surface area contributed by atoms with E-state index in [1.54, 1.807) is 0 Å². The zero-order chi connectivity index (χ0) is 20.3. The summed E-state index contributed by atoms with van der Waals surface area (Å²) in [5.74, 6) is 3.83. The SMILES string of the molecule is C[C@H](CCC(=O)O)[C@H]1CC[C@H]2[C@@H]3CC[C@@H]4C[C@@](C)(O)CC[C@]4(C)[C@H]3CC[C@]12C. The maximum absolute atomic E-state index is 11.1. The van der Waals surface area contributed by atoms with Crippen LogP contribution in [0.5, 0.6) is 0 Å². The lowest BCUT2D eigenvalue weighted by atomic mass is 9.43. The molecular weight excluding hydrogens is 348 g/mol. The summed E-state index contributed by atoms with van der Waals surface area (Å²) in [4.78, 5) is 11.1. The first-order valence-corrected chi connectivity index (χ1v) is 12.0. The van der Waals surface area contributed by atoms with Gasteiger partial charge in [0.1, 0.15) is 0 Å². The molecular formula is C25H42O3. The van der Waals surface area contributed by atoms with Gasteiger partial charge in [-0.15, -0.1) is 0 Å². The van der Waals surface area contributed by atoms with Gasteiger partial charge >= 0.3 is 5.97 Å². The third kappa shape index (κ3) is 3.24. The van der Waals surface area contributed by atoms with Gasteiger partial charge in [-0.25, -0.2) is 0 Å². The minimum Gasteiger partial charge on any atom is -0.481 e. The molecule has 0 unspecified atom stereocenters. The summed E-state index contributed by atoms with van der Waals surface area (Å²) in [5, 5.41) is 19.8. The lowest BCUT2D eigenvalue weighted by Crippen LogP contribution is -2.55. The van der Waals surface area contributed by atoms with Crippen LogP contribution in [0.25, 0.3) is 0 Å². The van der Waals surface area contributed by atoms with E-state index in [9.17, 15) is 9.90 Å². The molecule has 0 bridgehead atoms. The zero-order valence-electron chi connectivity index (χ0n) is 18.5. The molecule has 0 spiro atoms. The highest BCUT2D eigenvalue weighted by atomic mass is 16.4. The summed E-state index contributed by atoms with van der Waals surface area (Å²) in [6.45, 7) is 9.49. The number of fused-ring (bicyclic) bond motifs is 5. The van der Waals surface area contributed by atoms with Crippen molar-refractivity contribution in [1.29, 1.82) is 0 Å². The Balaban J connectivity index is 1.51. The van der Waals surface area contributed by atoms with Gasteiger partial charge in [-0.2, -0.15) is 0 Å². The summed E-state index contributed by atoms with van der Waals surface area (Å²) < 4.78 is 0. The van der Waals surface area contributed by atoms with Gasteiger partial charge in [0.05, 0.1) is 5.60 Å². The highest BCUT2D eigenvalue weighted by Gasteiger charge is 2.61. The molecule has 9 atom stereocenters. The molecule has 0 aliphatic heterocycles. The summed E-state index contributed by atoms with van der Waals surface area (Å²) >= 11 is 0. The van der Waals surface area contributed by atoms with Crippen molar-refractivity contribution in [3.63, 3.8) is 0 Å². The minimum atomic E-state index is -0.644. The van der Waals surface area contributed by atoms with E-state index in [4.69, 9.17) is 5.11 Å². The lowest BCUT2D eigenvalue weighted by Gasteiger charge is -2.62. The van der Waals surface area contributed by atoms with Crippen LogP contribution in [0.2, 0.25) is 0 Å². The third-order valence-electron chi connectivity index (χ3n) is 10.5. The highest BCUT2D eigenvalue weighted by Crippen LogP contribution is 2.68. The van der Waals surface area contributed by atoms with E-state index in [1.165, 1.54) is 44.9 Å². The number of hydrogen-bond acceptors (Lipinski definition) is 2. The zero-order valence-corrected chi connectivity index (χ0v) is 18.5. The largest absolute Gasteiger partial charge is 0.481 e. The molecule has 4 aliphatic carbocycles. The number of carboxylic acid groups (broad SMARTS) is 1. The van der Waals surface area contributed by atoms with Gasteiger partial charge in [-0.1, -0.05) is 20.8 Å². The Kier molecular flexibility index (Phi) is 5.17. The molecule has 0 aromatic rings. The van der Waals surface area contributed by atoms with Crippen LogP contribution in [0.1, 0.15) is 98.3 Å². The smallest absolute Gasteiger partial charge is 0.303 e. The van der Waals surface area contributed by atoms with E-state index in [0.29, 0.717) is 35.0 Å². The van der Waals surface area contributed by atoms with E-state index in [1.807, 2.05) is 0 Å². The predicted molar refractivity (Wildman–Crippen MR) is 112 cm³/mol. The van der Waals surface area contributed by atoms with Crippen LogP contribution in [0.15, 0.2) is 0 Å². The molecule has 4 aliphatic rings. The number of rotatable bonds is 4. The molecule has 4 saturated carbocycles. The van der Waals surface area contributed by atoms with Crippen LogP contribution in [-0.2, 0) is 4.79 Å². The number of aliphatic carboxylic acids is 1. The Hall–Kier alpha value is -0.570. The van der Waals surface area contributed by atoms with Crippen LogP contribution in [0.3, 0.4) is 0 Å². The number of carbonyl (C=O) groups is 1. The van der Waals surface area contributed by atoms with Crippen molar-refractivity contribution in [2.75, 3.05) is 0 Å². The van der Waals surface area contributed by atoms with Crippen LogP contribution in [0, 0.1) is 46.3 Å². The monoisotopic (exact) mass is 390 g/mol. The maximum Gasteiger partial charge on any atom is 0.303 e. The Bertz CT molecular complexity index is 613. The molecule has 28 heavy (non-hydrogen) atoms. The Labute approximate surface area is 171 Å². The molecule has 0 heterocycles. The van der Waals surface area contributed by atoms with Gasteiger partial charge in [0, 0.05) is 6.42 Å². The summed E-state index contributed by atoms with van der Waals surface area (Å²) in [6.07, 6.45) is 12.4.